The maximum atomic E-state index is 11.8. The van der Waals surface area contributed by atoms with Gasteiger partial charge in [-0.3, -0.25) is 4.79 Å². The molecule has 1 heterocycles. The van der Waals surface area contributed by atoms with Gasteiger partial charge >= 0.3 is 0 Å². The molecular formula is C12H16ClNOS. The monoisotopic (exact) mass is 257 g/mol. The molecule has 2 nitrogen and oxygen atoms in total. The predicted molar refractivity (Wildman–Crippen MR) is 68.5 cm³/mol. The van der Waals surface area contributed by atoms with Gasteiger partial charge < -0.3 is 5.32 Å². The largest absolute Gasteiger partial charge is 0.307 e. The first-order valence-electron chi connectivity index (χ1n) is 5.77. The van der Waals surface area contributed by atoms with Crippen LogP contribution in [0, 0.1) is 0 Å². The molecule has 0 atom stereocenters. The molecule has 4 heteroatoms. The zero-order valence-electron chi connectivity index (χ0n) is 9.17. The molecule has 0 bridgehead atoms. The number of ketones is 1. The Morgan fingerprint density at radius 3 is 2.75 bits per heavy atom. The van der Waals surface area contributed by atoms with Gasteiger partial charge in [-0.25, -0.2) is 0 Å². The lowest BCUT2D eigenvalue weighted by molar-refractivity contribution is 0.0988. The van der Waals surface area contributed by atoms with E-state index in [-0.39, 0.29) is 5.78 Å². The van der Waals surface area contributed by atoms with Crippen LogP contribution in [0.15, 0.2) is 12.1 Å². The quantitative estimate of drug-likeness (QED) is 0.837. The lowest BCUT2D eigenvalue weighted by Crippen LogP contribution is -2.34. The third-order valence-electron chi connectivity index (χ3n) is 3.00. The van der Waals surface area contributed by atoms with E-state index in [1.165, 1.54) is 43.4 Å². The molecule has 1 aromatic rings. The van der Waals surface area contributed by atoms with E-state index in [9.17, 15) is 4.79 Å². The molecule has 0 aromatic carbocycles. The van der Waals surface area contributed by atoms with Gasteiger partial charge in [0.15, 0.2) is 5.78 Å². The minimum Gasteiger partial charge on any atom is -0.307 e. The van der Waals surface area contributed by atoms with Gasteiger partial charge in [0, 0.05) is 6.04 Å². The van der Waals surface area contributed by atoms with Crippen LogP contribution in [0.25, 0.3) is 0 Å². The summed E-state index contributed by atoms with van der Waals surface area (Å²) in [7, 11) is 0. The Morgan fingerprint density at radius 1 is 1.38 bits per heavy atom. The van der Waals surface area contributed by atoms with Crippen LogP contribution in [-0.4, -0.2) is 18.4 Å². The van der Waals surface area contributed by atoms with Crippen LogP contribution in [0.5, 0.6) is 0 Å². The van der Waals surface area contributed by atoms with Crippen LogP contribution in [0.2, 0.25) is 4.34 Å². The van der Waals surface area contributed by atoms with Crippen LogP contribution in [0.3, 0.4) is 0 Å². The van der Waals surface area contributed by atoms with E-state index in [2.05, 4.69) is 5.32 Å². The van der Waals surface area contributed by atoms with Crippen molar-refractivity contribution >= 4 is 28.7 Å². The average molecular weight is 258 g/mol. The van der Waals surface area contributed by atoms with E-state index in [1.54, 1.807) is 12.1 Å². The smallest absolute Gasteiger partial charge is 0.186 e. The Hall–Kier alpha value is -0.380. The highest BCUT2D eigenvalue weighted by Crippen LogP contribution is 2.22. The normalized spacial score (nSPS) is 17.6. The average Bonchev–Trinajstić information content (AvgIpc) is 2.74. The summed E-state index contributed by atoms with van der Waals surface area (Å²) in [6, 6.07) is 4.12. The van der Waals surface area contributed by atoms with Crippen molar-refractivity contribution in [3.8, 4) is 0 Å². The first-order valence-corrected chi connectivity index (χ1v) is 6.97. The second kappa shape index (κ2) is 5.80. The molecule has 1 aromatic heterocycles. The van der Waals surface area contributed by atoms with E-state index in [1.807, 2.05) is 0 Å². The highest BCUT2D eigenvalue weighted by atomic mass is 35.5. The summed E-state index contributed by atoms with van der Waals surface area (Å²) < 4.78 is 0.681. The van der Waals surface area contributed by atoms with Gasteiger partial charge in [-0.1, -0.05) is 30.9 Å². The number of hydrogen-bond acceptors (Lipinski definition) is 3. The number of nitrogens with one attached hydrogen (secondary N) is 1. The van der Waals surface area contributed by atoms with Crippen LogP contribution < -0.4 is 5.32 Å². The fourth-order valence-electron chi connectivity index (χ4n) is 2.10. The molecule has 1 N–H and O–H groups in total. The third kappa shape index (κ3) is 3.30. The third-order valence-corrected chi connectivity index (χ3v) is 4.28. The Kier molecular flexibility index (Phi) is 4.38. The van der Waals surface area contributed by atoms with Crippen molar-refractivity contribution in [2.24, 2.45) is 0 Å². The zero-order valence-corrected chi connectivity index (χ0v) is 10.7. The molecule has 1 aliphatic rings. The molecule has 1 fully saturated rings. The fraction of sp³-hybridized carbons (Fsp3) is 0.583. The summed E-state index contributed by atoms with van der Waals surface area (Å²) in [6.07, 6.45) is 6.33. The summed E-state index contributed by atoms with van der Waals surface area (Å²) in [6.45, 7) is 0.446. The molecule has 1 aliphatic carbocycles. The lowest BCUT2D eigenvalue weighted by Gasteiger charge is -2.22. The standard InChI is InChI=1S/C12H16ClNOS/c13-12-7-6-11(16-12)10(15)8-14-9-4-2-1-3-5-9/h6-7,9,14H,1-5,8H2. The lowest BCUT2D eigenvalue weighted by atomic mass is 9.95. The summed E-state index contributed by atoms with van der Waals surface area (Å²) in [5.41, 5.74) is 0. The molecule has 0 spiro atoms. The molecule has 88 valence electrons. The summed E-state index contributed by atoms with van der Waals surface area (Å²) in [5.74, 6) is 0.155. The van der Waals surface area contributed by atoms with Crippen LogP contribution >= 0.6 is 22.9 Å². The zero-order chi connectivity index (χ0) is 11.4. The van der Waals surface area contributed by atoms with Gasteiger partial charge in [0.1, 0.15) is 0 Å². The van der Waals surface area contributed by atoms with E-state index >= 15 is 0 Å². The highest BCUT2D eigenvalue weighted by Gasteiger charge is 2.15. The topological polar surface area (TPSA) is 29.1 Å². The van der Waals surface area contributed by atoms with Crippen LogP contribution in [-0.2, 0) is 0 Å². The Balaban J connectivity index is 1.79. The molecule has 2 rings (SSSR count). The first kappa shape index (κ1) is 12.1. The summed E-state index contributed by atoms with van der Waals surface area (Å²) in [5, 5.41) is 3.34. The van der Waals surface area contributed by atoms with Crippen molar-refractivity contribution in [3.05, 3.63) is 21.3 Å². The van der Waals surface area contributed by atoms with Gasteiger partial charge in [-0.05, 0) is 25.0 Å². The van der Waals surface area contributed by atoms with Gasteiger partial charge in [-0.15, -0.1) is 11.3 Å². The number of thiophene rings is 1. The van der Waals surface area contributed by atoms with E-state index < -0.39 is 0 Å². The van der Waals surface area contributed by atoms with Gasteiger partial charge in [-0.2, -0.15) is 0 Å². The molecule has 0 saturated heterocycles. The first-order chi connectivity index (χ1) is 7.75. The van der Waals surface area contributed by atoms with E-state index in [4.69, 9.17) is 11.6 Å². The molecule has 0 radical (unpaired) electrons. The Labute approximate surface area is 105 Å². The van der Waals surface area contributed by atoms with E-state index in [0.29, 0.717) is 16.9 Å². The number of carbonyl (C=O) groups is 1. The number of carbonyl (C=O) groups excluding carboxylic acids is 1. The van der Waals surface area contributed by atoms with Gasteiger partial charge in [0.25, 0.3) is 0 Å². The van der Waals surface area contributed by atoms with Crippen LogP contribution in [0.4, 0.5) is 0 Å². The number of rotatable bonds is 4. The maximum absolute atomic E-state index is 11.8. The maximum Gasteiger partial charge on any atom is 0.186 e. The second-order valence-corrected chi connectivity index (χ2v) is 5.96. The number of halogens is 1. The summed E-state index contributed by atoms with van der Waals surface area (Å²) in [4.78, 5) is 12.5. The van der Waals surface area contributed by atoms with Crippen molar-refractivity contribution in [1.29, 1.82) is 0 Å². The molecule has 1 saturated carbocycles. The minimum absolute atomic E-state index is 0.155. The van der Waals surface area contributed by atoms with Crippen molar-refractivity contribution in [2.45, 2.75) is 38.1 Å². The van der Waals surface area contributed by atoms with Crippen molar-refractivity contribution in [1.82, 2.24) is 5.32 Å². The molecule has 0 amide bonds. The highest BCUT2D eigenvalue weighted by molar-refractivity contribution is 7.18. The van der Waals surface area contributed by atoms with Gasteiger partial charge in [0.2, 0.25) is 0 Å². The SMILES string of the molecule is O=C(CNC1CCCCC1)c1ccc(Cl)s1. The Bertz CT molecular complexity index is 358. The second-order valence-electron chi connectivity index (χ2n) is 4.24. The number of Topliss-reactive ketones (excluding diaryl/α,β-unsaturated/α-hetero) is 1. The van der Waals surface area contributed by atoms with Crippen molar-refractivity contribution in [3.63, 3.8) is 0 Å². The summed E-state index contributed by atoms with van der Waals surface area (Å²) >= 11 is 7.16. The molecule has 0 unspecified atom stereocenters. The molecule has 16 heavy (non-hydrogen) atoms. The van der Waals surface area contributed by atoms with Gasteiger partial charge in [0.05, 0.1) is 15.8 Å². The Morgan fingerprint density at radius 2 is 2.12 bits per heavy atom. The van der Waals surface area contributed by atoms with Crippen LogP contribution in [0.1, 0.15) is 41.8 Å². The minimum atomic E-state index is 0.155. The number of hydrogen-bond donors (Lipinski definition) is 1. The van der Waals surface area contributed by atoms with E-state index in [0.717, 1.165) is 4.88 Å². The molecular weight excluding hydrogens is 242 g/mol. The fourth-order valence-corrected chi connectivity index (χ4v) is 3.08. The van der Waals surface area contributed by atoms with Crippen molar-refractivity contribution in [2.75, 3.05) is 6.54 Å². The predicted octanol–water partition coefficient (Wildman–Crippen LogP) is 3.51. The molecule has 0 aliphatic heterocycles. The van der Waals surface area contributed by atoms with Crippen molar-refractivity contribution < 1.29 is 4.79 Å².